The zero-order chi connectivity index (χ0) is 24.9. The number of unbranched alkanes of at least 4 members (excludes halogenated alkanes) is 8. The first-order valence-corrected chi connectivity index (χ1v) is 13.9. The summed E-state index contributed by atoms with van der Waals surface area (Å²) in [4.78, 5) is 12.1. The molecule has 0 radical (unpaired) electrons. The Hall–Kier alpha value is -1.65. The highest BCUT2D eigenvalue weighted by Crippen LogP contribution is 2.11. The third-order valence-corrected chi connectivity index (χ3v) is 6.46. The van der Waals surface area contributed by atoms with Crippen molar-refractivity contribution in [1.82, 2.24) is 5.32 Å². The molecular formula is C30H53N2O2+. The van der Waals surface area contributed by atoms with E-state index in [1.54, 1.807) is 0 Å². The van der Waals surface area contributed by atoms with Gasteiger partial charge in [-0.2, -0.15) is 0 Å². The van der Waals surface area contributed by atoms with E-state index in [1.807, 2.05) is 0 Å². The molecular weight excluding hydrogens is 420 g/mol. The Morgan fingerprint density at radius 2 is 1.65 bits per heavy atom. The van der Waals surface area contributed by atoms with E-state index in [2.05, 4.69) is 68.8 Å². The predicted octanol–water partition coefficient (Wildman–Crippen LogP) is 6.78. The summed E-state index contributed by atoms with van der Waals surface area (Å²) in [5, 5.41) is 13.1. The number of nitrogens with zero attached hydrogens (tertiary/aromatic N) is 1. The van der Waals surface area contributed by atoms with Crippen LogP contribution in [0.1, 0.15) is 102 Å². The van der Waals surface area contributed by atoms with Gasteiger partial charge in [0, 0.05) is 24.9 Å². The minimum atomic E-state index is -0.168. The number of nitrogens with one attached hydrogen (secondary N) is 1. The summed E-state index contributed by atoms with van der Waals surface area (Å²) in [6, 6.07) is 10.6. The van der Waals surface area contributed by atoms with Crippen molar-refractivity contribution in [2.45, 2.75) is 109 Å². The Labute approximate surface area is 210 Å². The van der Waals surface area contributed by atoms with Crippen molar-refractivity contribution in [2.24, 2.45) is 0 Å². The Morgan fingerprint density at radius 3 is 2.41 bits per heavy atom. The van der Waals surface area contributed by atoms with Gasteiger partial charge in [-0.25, -0.2) is 0 Å². The largest absolute Gasteiger partial charge is 0.393 e. The van der Waals surface area contributed by atoms with Crippen LogP contribution in [0.3, 0.4) is 0 Å². The molecule has 1 unspecified atom stereocenters. The molecule has 34 heavy (non-hydrogen) atoms. The van der Waals surface area contributed by atoms with Crippen molar-refractivity contribution in [3.05, 3.63) is 48.0 Å². The maximum absolute atomic E-state index is 12.1. The highest BCUT2D eigenvalue weighted by Gasteiger charge is 2.15. The van der Waals surface area contributed by atoms with Gasteiger partial charge in [-0.15, -0.1) is 0 Å². The van der Waals surface area contributed by atoms with Gasteiger partial charge in [-0.1, -0.05) is 94.4 Å². The van der Waals surface area contributed by atoms with Crippen molar-refractivity contribution in [3.8, 4) is 0 Å². The maximum atomic E-state index is 12.1. The van der Waals surface area contributed by atoms with Gasteiger partial charge in [0.25, 0.3) is 0 Å². The lowest BCUT2D eigenvalue weighted by Gasteiger charge is -2.30. The highest BCUT2D eigenvalue weighted by atomic mass is 16.3. The van der Waals surface area contributed by atoms with Crippen molar-refractivity contribution >= 4 is 5.91 Å². The molecule has 0 saturated heterocycles. The van der Waals surface area contributed by atoms with E-state index < -0.39 is 0 Å². The second kappa shape index (κ2) is 19.6. The number of aliphatic hydroxyl groups excluding tert-OH is 1. The second-order valence-electron chi connectivity index (χ2n) is 10.5. The zero-order valence-electron chi connectivity index (χ0n) is 22.4. The first kappa shape index (κ1) is 30.4. The summed E-state index contributed by atoms with van der Waals surface area (Å²) in [5.74, 6) is 0.199. The van der Waals surface area contributed by atoms with Gasteiger partial charge in [0.2, 0.25) is 5.91 Å². The van der Waals surface area contributed by atoms with Crippen molar-refractivity contribution in [3.63, 3.8) is 0 Å². The van der Waals surface area contributed by atoms with E-state index in [4.69, 9.17) is 0 Å². The van der Waals surface area contributed by atoms with Crippen LogP contribution in [0.25, 0.3) is 0 Å². The molecule has 2 N–H and O–H groups in total. The van der Waals surface area contributed by atoms with Gasteiger partial charge in [0.05, 0.1) is 26.7 Å². The monoisotopic (exact) mass is 473 g/mol. The lowest BCUT2D eigenvalue weighted by molar-refractivity contribution is -0.903. The van der Waals surface area contributed by atoms with E-state index in [9.17, 15) is 9.90 Å². The van der Waals surface area contributed by atoms with Crippen LogP contribution in [0.15, 0.2) is 42.5 Å². The Bertz CT molecular complexity index is 642. The zero-order valence-corrected chi connectivity index (χ0v) is 22.4. The number of aliphatic hydroxyl groups is 1. The third-order valence-electron chi connectivity index (χ3n) is 6.46. The normalized spacial score (nSPS) is 12.8. The summed E-state index contributed by atoms with van der Waals surface area (Å²) in [6.45, 7) is 5.06. The number of rotatable bonds is 21. The fraction of sp³-hybridized carbons (Fsp3) is 0.700. The standard InChI is InChI=1S/C30H52N2O2/c1-4-5-6-16-22-29(33)23-17-11-9-7-8-10-12-18-24-30(34)31-25-19-26-32(2,3)27-28-20-14-13-15-21-28/h11,13-15,17,20-21,29,33H,4-10,12,16,18-19,22-27H2,1-3H3/p+1/b17-11-. The summed E-state index contributed by atoms with van der Waals surface area (Å²) in [5.41, 5.74) is 1.36. The van der Waals surface area contributed by atoms with Crippen molar-refractivity contribution < 1.29 is 14.4 Å². The minimum absolute atomic E-state index is 0.168. The highest BCUT2D eigenvalue weighted by molar-refractivity contribution is 5.75. The fourth-order valence-corrected chi connectivity index (χ4v) is 4.35. The van der Waals surface area contributed by atoms with Gasteiger partial charge in [0.1, 0.15) is 6.54 Å². The van der Waals surface area contributed by atoms with Crippen LogP contribution in [-0.4, -0.2) is 48.8 Å². The minimum Gasteiger partial charge on any atom is -0.393 e. The van der Waals surface area contributed by atoms with E-state index in [1.165, 1.54) is 44.1 Å². The molecule has 1 rings (SSSR count). The molecule has 0 aliphatic rings. The molecule has 4 heteroatoms. The summed E-state index contributed by atoms with van der Waals surface area (Å²) in [6.07, 6.45) is 19.4. The Morgan fingerprint density at radius 1 is 0.941 bits per heavy atom. The molecule has 1 amide bonds. The molecule has 1 aromatic carbocycles. The lowest BCUT2D eigenvalue weighted by atomic mass is 10.1. The average molecular weight is 474 g/mol. The van der Waals surface area contributed by atoms with Crippen LogP contribution in [-0.2, 0) is 11.3 Å². The van der Waals surface area contributed by atoms with E-state index in [-0.39, 0.29) is 12.0 Å². The average Bonchev–Trinajstić information content (AvgIpc) is 2.81. The molecule has 0 aliphatic heterocycles. The lowest BCUT2D eigenvalue weighted by Crippen LogP contribution is -2.41. The number of hydrogen-bond donors (Lipinski definition) is 2. The fourth-order valence-electron chi connectivity index (χ4n) is 4.35. The molecule has 0 bridgehead atoms. The molecule has 0 spiro atoms. The molecule has 0 fully saturated rings. The molecule has 1 atom stereocenters. The number of hydrogen-bond acceptors (Lipinski definition) is 2. The van der Waals surface area contributed by atoms with Crippen LogP contribution in [0.2, 0.25) is 0 Å². The summed E-state index contributed by atoms with van der Waals surface area (Å²) >= 11 is 0. The smallest absolute Gasteiger partial charge is 0.219 e. The Balaban J connectivity index is 1.92. The molecule has 0 aliphatic carbocycles. The molecule has 0 saturated carbocycles. The van der Waals surface area contributed by atoms with Crippen LogP contribution >= 0.6 is 0 Å². The van der Waals surface area contributed by atoms with Crippen LogP contribution in [0.5, 0.6) is 0 Å². The van der Waals surface area contributed by atoms with Gasteiger partial charge < -0.3 is 14.9 Å². The number of carbonyl (C=O) groups excluding carboxylic acids is 1. The van der Waals surface area contributed by atoms with Crippen LogP contribution in [0, 0.1) is 0 Å². The third kappa shape index (κ3) is 17.8. The summed E-state index contributed by atoms with van der Waals surface area (Å²) in [7, 11) is 4.51. The number of benzene rings is 1. The number of allylic oxidation sites excluding steroid dienone is 1. The van der Waals surface area contributed by atoms with E-state index in [0.29, 0.717) is 6.42 Å². The van der Waals surface area contributed by atoms with Gasteiger partial charge in [0.15, 0.2) is 0 Å². The van der Waals surface area contributed by atoms with Gasteiger partial charge in [-0.05, 0) is 32.1 Å². The Kier molecular flexibility index (Phi) is 17.5. The molecule has 1 aromatic rings. The maximum Gasteiger partial charge on any atom is 0.219 e. The topological polar surface area (TPSA) is 49.3 Å². The van der Waals surface area contributed by atoms with E-state index >= 15 is 0 Å². The van der Waals surface area contributed by atoms with E-state index in [0.717, 1.165) is 69.1 Å². The number of quaternary nitrogens is 1. The quantitative estimate of drug-likeness (QED) is 0.117. The van der Waals surface area contributed by atoms with Gasteiger partial charge in [-0.3, -0.25) is 4.79 Å². The SMILES string of the molecule is CCCCCCC(O)C/C=C\CCCCCCCC(=O)NCCC[N+](C)(C)Cc1ccccc1. The molecule has 4 nitrogen and oxygen atoms in total. The van der Waals surface area contributed by atoms with Crippen molar-refractivity contribution in [2.75, 3.05) is 27.2 Å². The van der Waals surface area contributed by atoms with Crippen LogP contribution in [0.4, 0.5) is 0 Å². The molecule has 0 aromatic heterocycles. The van der Waals surface area contributed by atoms with Crippen LogP contribution < -0.4 is 5.32 Å². The number of amides is 1. The first-order valence-electron chi connectivity index (χ1n) is 13.9. The first-order chi connectivity index (χ1) is 16.4. The summed E-state index contributed by atoms with van der Waals surface area (Å²) < 4.78 is 0.939. The van der Waals surface area contributed by atoms with Gasteiger partial charge >= 0.3 is 0 Å². The van der Waals surface area contributed by atoms with Crippen molar-refractivity contribution in [1.29, 1.82) is 0 Å². The molecule has 0 heterocycles. The number of carbonyl (C=O) groups is 1. The molecule has 194 valence electrons. The predicted molar refractivity (Wildman–Crippen MR) is 146 cm³/mol. The second-order valence-corrected chi connectivity index (χ2v) is 10.5.